The molecule has 0 radical (unpaired) electrons. The van der Waals surface area contributed by atoms with E-state index in [4.69, 9.17) is 9.94 Å². The van der Waals surface area contributed by atoms with Crippen molar-refractivity contribution in [1.29, 1.82) is 0 Å². The van der Waals surface area contributed by atoms with Crippen LogP contribution in [0, 0.1) is 0 Å². The van der Waals surface area contributed by atoms with Crippen LogP contribution in [0.5, 0.6) is 0 Å². The molecule has 2 heterocycles. The average Bonchev–Trinajstić information content (AvgIpc) is 3.06. The first-order valence-corrected chi connectivity index (χ1v) is 8.92. The lowest BCUT2D eigenvalue weighted by atomic mass is 9.99. The van der Waals surface area contributed by atoms with Gasteiger partial charge in [-0.3, -0.25) is 9.59 Å². The van der Waals surface area contributed by atoms with Gasteiger partial charge in [0.05, 0.1) is 12.5 Å². The van der Waals surface area contributed by atoms with Gasteiger partial charge in [0.2, 0.25) is 11.8 Å². The zero-order chi connectivity index (χ0) is 19.4. The van der Waals surface area contributed by atoms with Crippen LogP contribution in [-0.4, -0.2) is 78.9 Å². The van der Waals surface area contributed by atoms with Crippen LogP contribution in [-0.2, 0) is 19.2 Å². The molecule has 3 rings (SSSR count). The third-order valence-electron chi connectivity index (χ3n) is 4.82. The summed E-state index contributed by atoms with van der Waals surface area (Å²) in [5.74, 6) is -1.13. The first-order chi connectivity index (χ1) is 13.0. The number of aliphatic hydroxyl groups excluding tert-OH is 1. The third-order valence-corrected chi connectivity index (χ3v) is 4.82. The Morgan fingerprint density at radius 3 is 2.44 bits per heavy atom. The predicted octanol–water partition coefficient (Wildman–Crippen LogP) is -0.721. The highest BCUT2D eigenvalue weighted by atomic mass is 16.7. The van der Waals surface area contributed by atoms with Gasteiger partial charge in [-0.05, 0) is 17.7 Å². The molecule has 2 N–H and O–H groups in total. The normalized spacial score (nSPS) is 20.5. The van der Waals surface area contributed by atoms with Crippen molar-refractivity contribution in [2.75, 3.05) is 50.9 Å². The van der Waals surface area contributed by atoms with Crippen molar-refractivity contribution in [3.05, 3.63) is 29.8 Å². The van der Waals surface area contributed by atoms with Gasteiger partial charge in [-0.25, -0.2) is 4.79 Å². The van der Waals surface area contributed by atoms with E-state index >= 15 is 0 Å². The van der Waals surface area contributed by atoms with Crippen molar-refractivity contribution in [2.45, 2.75) is 12.8 Å². The third kappa shape index (κ3) is 4.55. The number of anilines is 1. The fourth-order valence-electron chi connectivity index (χ4n) is 3.28. The molecule has 0 spiro atoms. The summed E-state index contributed by atoms with van der Waals surface area (Å²) in [6.45, 7) is 4.07. The number of carbonyl (C=O) groups is 3. The molecule has 0 saturated carbocycles. The number of rotatable bonds is 5. The molecule has 9 nitrogen and oxygen atoms in total. The van der Waals surface area contributed by atoms with Crippen molar-refractivity contribution in [3.63, 3.8) is 0 Å². The summed E-state index contributed by atoms with van der Waals surface area (Å²) < 4.78 is 0. The quantitative estimate of drug-likeness (QED) is 0.699. The lowest BCUT2D eigenvalue weighted by Gasteiger charge is -2.36. The maximum Gasteiger partial charge on any atom is 0.333 e. The molecule has 1 unspecified atom stereocenters. The van der Waals surface area contributed by atoms with E-state index in [9.17, 15) is 14.4 Å². The molecular weight excluding hydrogens is 352 g/mol. The Morgan fingerprint density at radius 2 is 1.85 bits per heavy atom. The van der Waals surface area contributed by atoms with Crippen LogP contribution in [0.15, 0.2) is 24.3 Å². The molecule has 27 heavy (non-hydrogen) atoms. The summed E-state index contributed by atoms with van der Waals surface area (Å²) in [5.41, 5.74) is 1.89. The minimum atomic E-state index is -0.453. The number of nitrogens with one attached hydrogen (secondary N) is 1. The maximum absolute atomic E-state index is 12.1. The molecule has 0 aromatic heterocycles. The van der Waals surface area contributed by atoms with Gasteiger partial charge < -0.3 is 25.1 Å². The molecule has 1 atom stereocenters. The molecule has 1 aromatic rings. The Bertz CT molecular complexity index is 700. The van der Waals surface area contributed by atoms with Gasteiger partial charge in [-0.1, -0.05) is 12.1 Å². The van der Waals surface area contributed by atoms with Crippen molar-refractivity contribution in [2.24, 2.45) is 0 Å². The summed E-state index contributed by atoms with van der Waals surface area (Å²) in [4.78, 5) is 43.6. The molecule has 2 amide bonds. The molecule has 146 valence electrons. The largest absolute Gasteiger partial charge is 0.387 e. The van der Waals surface area contributed by atoms with Crippen LogP contribution in [0.3, 0.4) is 0 Å². The monoisotopic (exact) mass is 376 g/mol. The number of hydroxylamine groups is 2. The average molecular weight is 376 g/mol. The lowest BCUT2D eigenvalue weighted by Crippen LogP contribution is -2.49. The summed E-state index contributed by atoms with van der Waals surface area (Å²) in [7, 11) is 0. The van der Waals surface area contributed by atoms with Crippen LogP contribution in [0.4, 0.5) is 5.69 Å². The van der Waals surface area contributed by atoms with Crippen molar-refractivity contribution < 1.29 is 24.3 Å². The lowest BCUT2D eigenvalue weighted by molar-refractivity contribution is -0.172. The van der Waals surface area contributed by atoms with E-state index in [1.165, 1.54) is 12.0 Å². The summed E-state index contributed by atoms with van der Waals surface area (Å²) in [6.07, 6.45) is 0. The molecular formula is C18H24N4O5. The molecule has 2 aliphatic heterocycles. The Hall–Kier alpha value is -2.65. The molecule has 9 heteroatoms. The second-order valence-electron chi connectivity index (χ2n) is 6.64. The van der Waals surface area contributed by atoms with E-state index in [0.717, 1.165) is 11.3 Å². The number of hydrogen-bond donors (Lipinski definition) is 2. The fourth-order valence-corrected chi connectivity index (χ4v) is 3.28. The maximum atomic E-state index is 12.1. The first kappa shape index (κ1) is 19.1. The number of carbonyl (C=O) groups excluding carboxylic acids is 3. The van der Waals surface area contributed by atoms with Gasteiger partial charge in [0, 0.05) is 38.8 Å². The van der Waals surface area contributed by atoms with Gasteiger partial charge in [0.25, 0.3) is 0 Å². The zero-order valence-electron chi connectivity index (χ0n) is 15.3. The topological polar surface area (TPSA) is 102 Å². The SMILES string of the molecule is CC(=O)NCN1CC(c2ccc(N3CCN(C(=O)CO)CC3)cc2)C(=O)O1. The van der Waals surface area contributed by atoms with Gasteiger partial charge in [-0.2, -0.15) is 0 Å². The van der Waals surface area contributed by atoms with E-state index in [1.54, 1.807) is 4.90 Å². The van der Waals surface area contributed by atoms with Crippen LogP contribution in [0.2, 0.25) is 0 Å². The smallest absolute Gasteiger partial charge is 0.333 e. The van der Waals surface area contributed by atoms with Crippen molar-refractivity contribution >= 4 is 23.5 Å². The highest BCUT2D eigenvalue weighted by Crippen LogP contribution is 2.27. The summed E-state index contributed by atoms with van der Waals surface area (Å²) in [6, 6.07) is 7.74. The van der Waals surface area contributed by atoms with E-state index in [1.807, 2.05) is 24.3 Å². The molecule has 0 bridgehead atoms. The van der Waals surface area contributed by atoms with E-state index in [-0.39, 0.29) is 30.4 Å². The van der Waals surface area contributed by atoms with Gasteiger partial charge >= 0.3 is 5.97 Å². The van der Waals surface area contributed by atoms with Crippen molar-refractivity contribution in [3.8, 4) is 0 Å². The Balaban J connectivity index is 1.57. The number of hydrogen-bond acceptors (Lipinski definition) is 7. The minimum Gasteiger partial charge on any atom is -0.387 e. The second kappa shape index (κ2) is 8.36. The second-order valence-corrected chi connectivity index (χ2v) is 6.64. The minimum absolute atomic E-state index is 0.173. The van der Waals surface area contributed by atoms with Gasteiger partial charge in [0.1, 0.15) is 13.3 Å². The number of benzene rings is 1. The number of nitrogens with zero attached hydrogens (tertiary/aromatic N) is 3. The van der Waals surface area contributed by atoms with E-state index in [0.29, 0.717) is 32.7 Å². The molecule has 1 aromatic carbocycles. The van der Waals surface area contributed by atoms with Crippen LogP contribution >= 0.6 is 0 Å². The van der Waals surface area contributed by atoms with Crippen LogP contribution in [0.25, 0.3) is 0 Å². The molecule has 2 fully saturated rings. The number of piperazine rings is 1. The Kier molecular flexibility index (Phi) is 5.92. The van der Waals surface area contributed by atoms with Gasteiger partial charge in [-0.15, -0.1) is 5.06 Å². The van der Waals surface area contributed by atoms with E-state index in [2.05, 4.69) is 10.2 Å². The van der Waals surface area contributed by atoms with Crippen LogP contribution < -0.4 is 10.2 Å². The molecule has 2 aliphatic rings. The zero-order valence-corrected chi connectivity index (χ0v) is 15.3. The number of aliphatic hydroxyl groups is 1. The predicted molar refractivity (Wildman–Crippen MR) is 96.5 cm³/mol. The fraction of sp³-hybridized carbons (Fsp3) is 0.500. The Morgan fingerprint density at radius 1 is 1.19 bits per heavy atom. The molecule has 0 aliphatic carbocycles. The summed E-state index contributed by atoms with van der Waals surface area (Å²) >= 11 is 0. The molecule has 2 saturated heterocycles. The van der Waals surface area contributed by atoms with Crippen LogP contribution in [0.1, 0.15) is 18.4 Å². The highest BCUT2D eigenvalue weighted by molar-refractivity contribution is 5.80. The highest BCUT2D eigenvalue weighted by Gasteiger charge is 2.34. The number of amides is 2. The van der Waals surface area contributed by atoms with Crippen molar-refractivity contribution in [1.82, 2.24) is 15.3 Å². The first-order valence-electron chi connectivity index (χ1n) is 8.92. The van der Waals surface area contributed by atoms with E-state index < -0.39 is 6.61 Å². The standard InChI is InChI=1S/C18H24N4O5/c1-13(24)19-12-22-10-16(18(26)27-22)14-2-4-15(5-3-14)20-6-8-21(9-7-20)17(25)11-23/h2-5,16,23H,6-12H2,1H3,(H,19,24). The van der Waals surface area contributed by atoms with Gasteiger partial charge in [0.15, 0.2) is 0 Å². The Labute approximate surface area is 157 Å². The summed E-state index contributed by atoms with van der Waals surface area (Å²) in [5, 5.41) is 13.0.